The number of likely N-dealkylation sites (tertiary alicyclic amines) is 1. The van der Waals surface area contributed by atoms with E-state index < -0.39 is 0 Å². The minimum absolute atomic E-state index is 0.0565. The van der Waals surface area contributed by atoms with Gasteiger partial charge in [-0.1, -0.05) is 61.0 Å². The second kappa shape index (κ2) is 9.07. The zero-order chi connectivity index (χ0) is 22.8. The minimum atomic E-state index is 0.0565. The molecular weight excluding hydrogens is 406 g/mol. The van der Waals surface area contributed by atoms with Crippen molar-refractivity contribution in [2.45, 2.75) is 33.1 Å². The van der Waals surface area contributed by atoms with Crippen LogP contribution in [0.3, 0.4) is 0 Å². The molecule has 3 heterocycles. The van der Waals surface area contributed by atoms with E-state index in [0.29, 0.717) is 5.56 Å². The Labute approximate surface area is 195 Å². The molecule has 1 saturated heterocycles. The predicted molar refractivity (Wildman–Crippen MR) is 134 cm³/mol. The summed E-state index contributed by atoms with van der Waals surface area (Å²) in [7, 11) is 0. The number of piperidine rings is 1. The maximum absolute atomic E-state index is 13.3. The van der Waals surface area contributed by atoms with Gasteiger partial charge >= 0.3 is 0 Å². The molecule has 4 heteroatoms. The Morgan fingerprint density at radius 3 is 2.42 bits per heavy atom. The molecule has 0 aliphatic carbocycles. The molecule has 1 amide bonds. The van der Waals surface area contributed by atoms with Crippen molar-refractivity contribution in [1.29, 1.82) is 0 Å². The predicted octanol–water partition coefficient (Wildman–Crippen LogP) is 6.17. The number of hydrogen-bond donors (Lipinski definition) is 1. The van der Waals surface area contributed by atoms with E-state index in [1.807, 2.05) is 17.2 Å². The first kappa shape index (κ1) is 21.2. The highest BCUT2D eigenvalue weighted by Crippen LogP contribution is 2.36. The summed E-state index contributed by atoms with van der Waals surface area (Å²) in [5.74, 6) is 0.0565. The van der Waals surface area contributed by atoms with Crippen molar-refractivity contribution in [3.05, 3.63) is 107 Å². The summed E-state index contributed by atoms with van der Waals surface area (Å²) >= 11 is 0. The second-order valence-corrected chi connectivity index (χ2v) is 8.73. The van der Waals surface area contributed by atoms with Crippen LogP contribution in [0.1, 0.15) is 52.4 Å². The molecule has 2 aromatic heterocycles. The molecule has 1 aliphatic heterocycles. The monoisotopic (exact) mass is 435 g/mol. The van der Waals surface area contributed by atoms with Crippen molar-refractivity contribution >= 4 is 22.4 Å². The fourth-order valence-electron chi connectivity index (χ4n) is 4.99. The number of fused-ring (bicyclic) bond motifs is 1. The number of benzene rings is 2. The van der Waals surface area contributed by atoms with Gasteiger partial charge < -0.3 is 9.88 Å². The third-order valence-corrected chi connectivity index (χ3v) is 6.79. The molecule has 4 nitrogen and oxygen atoms in total. The number of pyridine rings is 1. The number of carbonyl (C=O) groups excluding carboxylic acids is 1. The SMILES string of the molecule is CCc1ccccc1C(=C1CCN(C(=O)c2cncc3cc[nH]c23)CC1)c1ccccc1C. The van der Waals surface area contributed by atoms with Crippen molar-refractivity contribution in [3.8, 4) is 0 Å². The molecule has 0 unspecified atom stereocenters. The van der Waals surface area contributed by atoms with E-state index in [0.717, 1.165) is 43.3 Å². The lowest BCUT2D eigenvalue weighted by Gasteiger charge is -2.31. The number of nitrogens with one attached hydrogen (secondary N) is 1. The van der Waals surface area contributed by atoms with Gasteiger partial charge in [0.2, 0.25) is 0 Å². The lowest BCUT2D eigenvalue weighted by molar-refractivity contribution is 0.0745. The van der Waals surface area contributed by atoms with Crippen LogP contribution in [0.15, 0.2) is 78.8 Å². The van der Waals surface area contributed by atoms with Crippen LogP contribution >= 0.6 is 0 Å². The first-order valence-corrected chi connectivity index (χ1v) is 11.7. The third-order valence-electron chi connectivity index (χ3n) is 6.79. The molecule has 1 aliphatic rings. The molecule has 0 bridgehead atoms. The Morgan fingerprint density at radius 1 is 0.939 bits per heavy atom. The van der Waals surface area contributed by atoms with Crippen LogP contribution in [0.5, 0.6) is 0 Å². The first-order valence-electron chi connectivity index (χ1n) is 11.7. The van der Waals surface area contributed by atoms with E-state index in [1.54, 1.807) is 12.4 Å². The van der Waals surface area contributed by atoms with Gasteiger partial charge in [-0.05, 0) is 60.1 Å². The molecule has 0 spiro atoms. The number of amides is 1. The Hall–Kier alpha value is -3.66. The van der Waals surface area contributed by atoms with Crippen LogP contribution in [0, 0.1) is 6.92 Å². The van der Waals surface area contributed by atoms with Gasteiger partial charge in [0.25, 0.3) is 5.91 Å². The summed E-state index contributed by atoms with van der Waals surface area (Å²) < 4.78 is 0. The van der Waals surface area contributed by atoms with Crippen molar-refractivity contribution in [2.75, 3.05) is 13.1 Å². The summed E-state index contributed by atoms with van der Waals surface area (Å²) in [4.78, 5) is 22.8. The maximum atomic E-state index is 13.3. The normalized spacial score (nSPS) is 14.0. The zero-order valence-corrected chi connectivity index (χ0v) is 19.3. The zero-order valence-electron chi connectivity index (χ0n) is 19.3. The van der Waals surface area contributed by atoms with E-state index in [1.165, 1.54) is 33.4 Å². The van der Waals surface area contributed by atoms with Crippen LogP contribution in [0.2, 0.25) is 0 Å². The highest BCUT2D eigenvalue weighted by Gasteiger charge is 2.25. The number of carbonyl (C=O) groups is 1. The maximum Gasteiger partial charge on any atom is 0.257 e. The average molecular weight is 436 g/mol. The summed E-state index contributed by atoms with van der Waals surface area (Å²) in [5, 5.41) is 0.969. The van der Waals surface area contributed by atoms with E-state index in [4.69, 9.17) is 0 Å². The molecule has 2 aromatic carbocycles. The third kappa shape index (κ3) is 3.97. The molecule has 0 radical (unpaired) electrons. The molecule has 1 fully saturated rings. The number of hydrogen-bond acceptors (Lipinski definition) is 2. The van der Waals surface area contributed by atoms with E-state index in [9.17, 15) is 4.79 Å². The number of aryl methyl sites for hydroxylation is 2. The number of aromatic nitrogens is 2. The summed E-state index contributed by atoms with van der Waals surface area (Å²) in [6, 6.07) is 19.3. The number of nitrogens with zero attached hydrogens (tertiary/aromatic N) is 2. The largest absolute Gasteiger partial charge is 0.360 e. The summed E-state index contributed by atoms with van der Waals surface area (Å²) in [5.41, 5.74) is 9.59. The van der Waals surface area contributed by atoms with Gasteiger partial charge in [0.1, 0.15) is 0 Å². The Bertz CT molecular complexity index is 1340. The molecule has 166 valence electrons. The van der Waals surface area contributed by atoms with Crippen molar-refractivity contribution in [2.24, 2.45) is 0 Å². The van der Waals surface area contributed by atoms with Gasteiger partial charge in [0.15, 0.2) is 0 Å². The van der Waals surface area contributed by atoms with Crippen LogP contribution in [0.25, 0.3) is 16.5 Å². The number of rotatable bonds is 4. The molecule has 0 atom stereocenters. The number of aromatic amines is 1. The summed E-state index contributed by atoms with van der Waals surface area (Å²) in [6.07, 6.45) is 8.08. The van der Waals surface area contributed by atoms with Gasteiger partial charge in [-0.2, -0.15) is 0 Å². The standard InChI is InChI=1S/C29H29N3O/c1-3-21-9-5-7-11-25(21)27(24-10-6-4-8-20(24)2)22-13-16-32(17-14-22)29(33)26-19-30-18-23-12-15-31-28(23)26/h4-12,15,18-19,31H,3,13-14,16-17H2,1-2H3. The lowest BCUT2D eigenvalue weighted by atomic mass is 9.84. The van der Waals surface area contributed by atoms with Crippen LogP contribution in [-0.4, -0.2) is 33.9 Å². The molecule has 4 aromatic rings. The lowest BCUT2D eigenvalue weighted by Crippen LogP contribution is -2.36. The van der Waals surface area contributed by atoms with Crippen molar-refractivity contribution in [3.63, 3.8) is 0 Å². The van der Waals surface area contributed by atoms with E-state index >= 15 is 0 Å². The van der Waals surface area contributed by atoms with E-state index in [-0.39, 0.29) is 5.91 Å². The summed E-state index contributed by atoms with van der Waals surface area (Å²) in [6.45, 7) is 5.84. The van der Waals surface area contributed by atoms with Gasteiger partial charge in [0, 0.05) is 37.1 Å². The Kier molecular flexibility index (Phi) is 5.82. The molecule has 0 saturated carbocycles. The quantitative estimate of drug-likeness (QED) is 0.417. The van der Waals surface area contributed by atoms with Crippen LogP contribution in [-0.2, 0) is 6.42 Å². The fourth-order valence-corrected chi connectivity index (χ4v) is 4.99. The van der Waals surface area contributed by atoms with Crippen LogP contribution < -0.4 is 0 Å². The fraction of sp³-hybridized carbons (Fsp3) is 0.241. The highest BCUT2D eigenvalue weighted by atomic mass is 16.2. The average Bonchev–Trinajstić information content (AvgIpc) is 3.35. The van der Waals surface area contributed by atoms with Gasteiger partial charge in [-0.25, -0.2) is 0 Å². The highest BCUT2D eigenvalue weighted by molar-refractivity contribution is 6.05. The molecular formula is C29H29N3O. The first-order chi connectivity index (χ1) is 16.2. The molecule has 33 heavy (non-hydrogen) atoms. The van der Waals surface area contributed by atoms with Gasteiger partial charge in [-0.15, -0.1) is 0 Å². The Balaban J connectivity index is 1.50. The number of H-pyrrole nitrogens is 1. The smallest absolute Gasteiger partial charge is 0.257 e. The van der Waals surface area contributed by atoms with Gasteiger partial charge in [0.05, 0.1) is 11.1 Å². The topological polar surface area (TPSA) is 49.0 Å². The van der Waals surface area contributed by atoms with Crippen LogP contribution in [0.4, 0.5) is 0 Å². The van der Waals surface area contributed by atoms with E-state index in [2.05, 4.69) is 72.3 Å². The minimum Gasteiger partial charge on any atom is -0.360 e. The van der Waals surface area contributed by atoms with Gasteiger partial charge in [-0.3, -0.25) is 9.78 Å². The molecule has 5 rings (SSSR count). The van der Waals surface area contributed by atoms with Crippen molar-refractivity contribution < 1.29 is 4.79 Å². The Morgan fingerprint density at radius 2 is 1.67 bits per heavy atom. The van der Waals surface area contributed by atoms with Crippen molar-refractivity contribution in [1.82, 2.24) is 14.9 Å². The second-order valence-electron chi connectivity index (χ2n) is 8.73. The molecule has 1 N–H and O–H groups in total.